The van der Waals surface area contributed by atoms with E-state index >= 15 is 0 Å². The van der Waals surface area contributed by atoms with E-state index in [-0.39, 0.29) is 11.9 Å². The van der Waals surface area contributed by atoms with Gasteiger partial charge in [-0.25, -0.2) is 9.97 Å². The first kappa shape index (κ1) is 16.1. The lowest BCUT2D eigenvalue weighted by Crippen LogP contribution is -2.28. The van der Waals surface area contributed by atoms with Crippen molar-refractivity contribution in [3.8, 4) is 0 Å². The third kappa shape index (κ3) is 3.42. The van der Waals surface area contributed by atoms with E-state index in [9.17, 15) is 9.59 Å². The predicted molar refractivity (Wildman–Crippen MR) is 86.6 cm³/mol. The van der Waals surface area contributed by atoms with Gasteiger partial charge in [-0.05, 0) is 18.1 Å². The number of ether oxygens (including phenoxy) is 1. The third-order valence-electron chi connectivity index (χ3n) is 4.29. The average Bonchev–Trinajstić information content (AvgIpc) is 2.92. The summed E-state index contributed by atoms with van der Waals surface area (Å²) < 4.78 is 4.90. The normalized spacial score (nSPS) is 20.2. The quantitative estimate of drug-likeness (QED) is 0.778. The minimum absolute atomic E-state index is 0.0540. The zero-order valence-corrected chi connectivity index (χ0v) is 13.5. The summed E-state index contributed by atoms with van der Waals surface area (Å²) in [5, 5.41) is 0. The molecule has 1 aliphatic heterocycles. The van der Waals surface area contributed by atoms with Gasteiger partial charge in [0.2, 0.25) is 5.91 Å². The molecule has 1 aromatic carbocycles. The Balaban J connectivity index is 1.79. The lowest BCUT2D eigenvalue weighted by Gasteiger charge is -2.15. The predicted octanol–water partition coefficient (Wildman–Crippen LogP) is 1.47. The van der Waals surface area contributed by atoms with Gasteiger partial charge in [0.1, 0.15) is 5.82 Å². The molecule has 2 heterocycles. The Bertz CT molecular complexity index is 706. The summed E-state index contributed by atoms with van der Waals surface area (Å²) in [6.45, 7) is 0.639. The molecule has 0 bridgehead atoms. The summed E-state index contributed by atoms with van der Waals surface area (Å²) in [6, 6.07) is 11.4. The van der Waals surface area contributed by atoms with Gasteiger partial charge in [0.05, 0.1) is 25.5 Å². The molecule has 0 spiro atoms. The second kappa shape index (κ2) is 7.21. The Labute approximate surface area is 140 Å². The summed E-state index contributed by atoms with van der Waals surface area (Å²) in [5.41, 5.74) is 1.03. The molecule has 1 amide bonds. The summed E-state index contributed by atoms with van der Waals surface area (Å²) >= 11 is 0. The second-order valence-electron chi connectivity index (χ2n) is 5.81. The van der Waals surface area contributed by atoms with E-state index in [4.69, 9.17) is 4.74 Å². The summed E-state index contributed by atoms with van der Waals surface area (Å²) in [4.78, 5) is 34.9. The molecule has 124 valence electrons. The molecule has 1 aromatic heterocycles. The van der Waals surface area contributed by atoms with E-state index < -0.39 is 11.8 Å². The summed E-state index contributed by atoms with van der Waals surface area (Å²) in [6.07, 6.45) is 3.80. The van der Waals surface area contributed by atoms with Crippen LogP contribution >= 0.6 is 0 Å². The van der Waals surface area contributed by atoms with Crippen molar-refractivity contribution in [1.29, 1.82) is 0 Å². The van der Waals surface area contributed by atoms with Crippen LogP contribution in [-0.4, -0.2) is 40.4 Å². The van der Waals surface area contributed by atoms with Crippen LogP contribution in [0.2, 0.25) is 0 Å². The Hall–Kier alpha value is -2.76. The number of likely N-dealkylation sites (tertiary alicyclic amines) is 1. The average molecular weight is 325 g/mol. The van der Waals surface area contributed by atoms with Gasteiger partial charge in [-0.2, -0.15) is 0 Å². The highest BCUT2D eigenvalue weighted by molar-refractivity contribution is 5.89. The van der Waals surface area contributed by atoms with Crippen molar-refractivity contribution in [2.75, 3.05) is 13.7 Å². The standard InChI is InChI=1S/C18H19N3O3/c1-24-18(23)15-11-21(12-16-19-8-5-9-20-16)17(22)14(15)10-13-6-3-2-4-7-13/h2-9,14-15H,10-12H2,1H3/t14-,15+/m1/s1. The Morgan fingerprint density at radius 3 is 2.58 bits per heavy atom. The number of carbonyl (C=O) groups excluding carboxylic acids is 2. The zero-order chi connectivity index (χ0) is 16.9. The summed E-state index contributed by atoms with van der Waals surface area (Å²) in [5.74, 6) is -0.715. The zero-order valence-electron chi connectivity index (χ0n) is 13.5. The van der Waals surface area contributed by atoms with Gasteiger partial charge in [-0.1, -0.05) is 30.3 Å². The van der Waals surface area contributed by atoms with Crippen LogP contribution in [0.15, 0.2) is 48.8 Å². The maximum Gasteiger partial charge on any atom is 0.311 e. The second-order valence-corrected chi connectivity index (χ2v) is 5.81. The lowest BCUT2D eigenvalue weighted by atomic mass is 9.89. The fourth-order valence-electron chi connectivity index (χ4n) is 3.07. The third-order valence-corrected chi connectivity index (χ3v) is 4.29. The first-order valence-corrected chi connectivity index (χ1v) is 7.85. The number of carbonyl (C=O) groups is 2. The molecule has 6 heteroatoms. The van der Waals surface area contributed by atoms with Gasteiger partial charge < -0.3 is 9.64 Å². The highest BCUT2D eigenvalue weighted by Crippen LogP contribution is 2.30. The van der Waals surface area contributed by atoms with Crippen LogP contribution in [0.1, 0.15) is 11.4 Å². The number of benzene rings is 1. The highest BCUT2D eigenvalue weighted by atomic mass is 16.5. The van der Waals surface area contributed by atoms with Gasteiger partial charge in [-0.3, -0.25) is 9.59 Å². The maximum absolute atomic E-state index is 12.8. The molecule has 2 aromatic rings. The van der Waals surface area contributed by atoms with Gasteiger partial charge >= 0.3 is 5.97 Å². The van der Waals surface area contributed by atoms with Crippen LogP contribution in [-0.2, 0) is 27.3 Å². The van der Waals surface area contributed by atoms with E-state index in [2.05, 4.69) is 9.97 Å². The van der Waals surface area contributed by atoms with Gasteiger partial charge in [0, 0.05) is 18.9 Å². The Morgan fingerprint density at radius 2 is 1.92 bits per heavy atom. The van der Waals surface area contributed by atoms with Gasteiger partial charge in [0.25, 0.3) is 0 Å². The number of aromatic nitrogens is 2. The van der Waals surface area contributed by atoms with E-state index in [1.54, 1.807) is 23.4 Å². The number of hydrogen-bond acceptors (Lipinski definition) is 5. The topological polar surface area (TPSA) is 72.4 Å². The molecule has 3 rings (SSSR count). The molecular formula is C18H19N3O3. The minimum Gasteiger partial charge on any atom is -0.469 e. The van der Waals surface area contributed by atoms with Gasteiger partial charge in [0.15, 0.2) is 0 Å². The van der Waals surface area contributed by atoms with Crippen LogP contribution in [0.4, 0.5) is 0 Å². The minimum atomic E-state index is -0.466. The fraction of sp³-hybridized carbons (Fsp3) is 0.333. The van der Waals surface area contributed by atoms with E-state index in [1.165, 1.54) is 7.11 Å². The van der Waals surface area contributed by atoms with Crippen LogP contribution < -0.4 is 0 Å². The molecule has 6 nitrogen and oxygen atoms in total. The van der Waals surface area contributed by atoms with Crippen LogP contribution in [0.3, 0.4) is 0 Å². The number of methoxy groups -OCH3 is 1. The van der Waals surface area contributed by atoms with E-state index in [0.717, 1.165) is 5.56 Å². The number of amides is 1. The van der Waals surface area contributed by atoms with Gasteiger partial charge in [-0.15, -0.1) is 0 Å². The summed E-state index contributed by atoms with van der Waals surface area (Å²) in [7, 11) is 1.36. The Morgan fingerprint density at radius 1 is 1.21 bits per heavy atom. The van der Waals surface area contributed by atoms with Crippen LogP contribution in [0, 0.1) is 11.8 Å². The first-order valence-electron chi connectivity index (χ1n) is 7.85. The van der Waals surface area contributed by atoms with E-state index in [1.807, 2.05) is 30.3 Å². The van der Waals surface area contributed by atoms with Crippen molar-refractivity contribution < 1.29 is 14.3 Å². The highest BCUT2D eigenvalue weighted by Gasteiger charge is 2.44. The number of esters is 1. The van der Waals surface area contributed by atoms with E-state index in [0.29, 0.717) is 25.3 Å². The molecule has 1 aliphatic rings. The molecule has 1 saturated heterocycles. The molecule has 2 atom stereocenters. The van der Waals surface area contributed by atoms with Crippen molar-refractivity contribution in [1.82, 2.24) is 14.9 Å². The van der Waals surface area contributed by atoms with Crippen LogP contribution in [0.5, 0.6) is 0 Å². The van der Waals surface area contributed by atoms with Crippen molar-refractivity contribution in [3.63, 3.8) is 0 Å². The monoisotopic (exact) mass is 325 g/mol. The molecular weight excluding hydrogens is 306 g/mol. The number of hydrogen-bond donors (Lipinski definition) is 0. The molecule has 1 fully saturated rings. The SMILES string of the molecule is COC(=O)[C@H]1CN(Cc2ncccn2)C(=O)[C@@H]1Cc1ccccc1. The largest absolute Gasteiger partial charge is 0.469 e. The lowest BCUT2D eigenvalue weighted by molar-refractivity contribution is -0.147. The Kier molecular flexibility index (Phi) is 4.84. The van der Waals surface area contributed by atoms with Crippen molar-refractivity contribution >= 4 is 11.9 Å². The molecule has 24 heavy (non-hydrogen) atoms. The smallest absolute Gasteiger partial charge is 0.311 e. The van der Waals surface area contributed by atoms with Crippen molar-refractivity contribution in [2.24, 2.45) is 11.8 Å². The molecule has 0 unspecified atom stereocenters. The number of rotatable bonds is 5. The molecule has 0 aliphatic carbocycles. The molecule has 0 radical (unpaired) electrons. The molecule has 0 N–H and O–H groups in total. The fourth-order valence-corrected chi connectivity index (χ4v) is 3.07. The van der Waals surface area contributed by atoms with Crippen molar-refractivity contribution in [3.05, 3.63) is 60.2 Å². The first-order chi connectivity index (χ1) is 11.7. The van der Waals surface area contributed by atoms with Crippen LogP contribution in [0.25, 0.3) is 0 Å². The maximum atomic E-state index is 12.8. The molecule has 0 saturated carbocycles. The van der Waals surface area contributed by atoms with Crippen molar-refractivity contribution in [2.45, 2.75) is 13.0 Å². The number of nitrogens with zero attached hydrogens (tertiary/aromatic N) is 3.